The van der Waals surface area contributed by atoms with Crippen LogP contribution in [0.2, 0.25) is 0 Å². The first-order valence-electron chi connectivity index (χ1n) is 4.68. The lowest BCUT2D eigenvalue weighted by molar-refractivity contribution is 0.150. The molecule has 72 valence electrons. The smallest absolute Gasteiger partial charge is 0.0588 e. The molecule has 2 N–H and O–H groups in total. The third kappa shape index (κ3) is 2.73. The zero-order valence-electron chi connectivity index (χ0n) is 7.92. The van der Waals surface area contributed by atoms with Gasteiger partial charge in [0.15, 0.2) is 0 Å². The van der Waals surface area contributed by atoms with E-state index in [1.807, 2.05) is 0 Å². The van der Waals surface area contributed by atoms with E-state index in [0.717, 1.165) is 19.6 Å². The van der Waals surface area contributed by atoms with E-state index >= 15 is 0 Å². The molecule has 1 saturated heterocycles. The molecule has 0 aromatic heterocycles. The Morgan fingerprint density at radius 2 is 2.33 bits per heavy atom. The molecular weight excluding hydrogens is 154 g/mol. The molecule has 1 rings (SSSR count). The molecule has 2 atom stereocenters. The Balaban J connectivity index is 2.32. The molecule has 12 heavy (non-hydrogen) atoms. The Hall–Kier alpha value is -0.120. The predicted molar refractivity (Wildman–Crippen MR) is 48.1 cm³/mol. The fourth-order valence-electron chi connectivity index (χ4n) is 1.64. The number of ether oxygens (including phenoxy) is 1. The summed E-state index contributed by atoms with van der Waals surface area (Å²) in [6.07, 6.45) is 1.07. The van der Waals surface area contributed by atoms with E-state index in [2.05, 4.69) is 19.2 Å². The summed E-state index contributed by atoms with van der Waals surface area (Å²) in [5, 5.41) is 12.5. The van der Waals surface area contributed by atoms with Gasteiger partial charge in [0.25, 0.3) is 0 Å². The average molecular weight is 173 g/mol. The van der Waals surface area contributed by atoms with E-state index in [1.54, 1.807) is 0 Å². The molecule has 0 saturated carbocycles. The average Bonchev–Trinajstić information content (AvgIpc) is 2.51. The topological polar surface area (TPSA) is 41.5 Å². The molecule has 0 spiro atoms. The molecule has 2 unspecified atom stereocenters. The molecule has 0 amide bonds. The van der Waals surface area contributed by atoms with Crippen LogP contribution in [0.4, 0.5) is 0 Å². The highest BCUT2D eigenvalue weighted by atomic mass is 16.5. The molecule has 3 nitrogen and oxygen atoms in total. The minimum atomic E-state index is 0.214. The van der Waals surface area contributed by atoms with Crippen molar-refractivity contribution in [2.24, 2.45) is 5.92 Å². The Morgan fingerprint density at radius 3 is 2.75 bits per heavy atom. The lowest BCUT2D eigenvalue weighted by Gasteiger charge is -2.23. The lowest BCUT2D eigenvalue weighted by atomic mass is 9.99. The van der Waals surface area contributed by atoms with Gasteiger partial charge in [-0.25, -0.2) is 0 Å². The fraction of sp³-hybridized carbons (Fsp3) is 1.00. The summed E-state index contributed by atoms with van der Waals surface area (Å²) in [6, 6.07) is 0.648. The summed E-state index contributed by atoms with van der Waals surface area (Å²) in [5.74, 6) is 0.498. The Labute approximate surface area is 74.1 Å². The van der Waals surface area contributed by atoms with Crippen molar-refractivity contribution in [3.8, 4) is 0 Å². The number of aliphatic hydroxyl groups excluding tert-OH is 1. The van der Waals surface area contributed by atoms with Gasteiger partial charge in [0.2, 0.25) is 0 Å². The summed E-state index contributed by atoms with van der Waals surface area (Å²) in [6.45, 7) is 6.05. The van der Waals surface area contributed by atoms with Crippen molar-refractivity contribution in [3.63, 3.8) is 0 Å². The van der Waals surface area contributed by atoms with Gasteiger partial charge < -0.3 is 15.2 Å². The van der Waals surface area contributed by atoms with Crippen LogP contribution in [0.5, 0.6) is 0 Å². The maximum atomic E-state index is 9.12. The molecular formula is C9H19NO2. The monoisotopic (exact) mass is 173 g/mol. The van der Waals surface area contributed by atoms with Gasteiger partial charge in [0.05, 0.1) is 13.2 Å². The number of rotatable bonds is 4. The molecule has 0 aliphatic carbocycles. The van der Waals surface area contributed by atoms with Gasteiger partial charge in [0.1, 0.15) is 0 Å². The highest BCUT2D eigenvalue weighted by Gasteiger charge is 2.25. The van der Waals surface area contributed by atoms with Gasteiger partial charge in [-0.3, -0.25) is 0 Å². The van der Waals surface area contributed by atoms with Crippen LogP contribution in [0.1, 0.15) is 20.3 Å². The van der Waals surface area contributed by atoms with E-state index in [0.29, 0.717) is 12.0 Å². The largest absolute Gasteiger partial charge is 0.395 e. The van der Waals surface area contributed by atoms with E-state index < -0.39 is 0 Å². The van der Waals surface area contributed by atoms with Gasteiger partial charge in [0, 0.05) is 24.6 Å². The summed E-state index contributed by atoms with van der Waals surface area (Å²) in [5.41, 5.74) is 0. The molecule has 0 radical (unpaired) electrons. The summed E-state index contributed by atoms with van der Waals surface area (Å²) >= 11 is 0. The number of nitrogens with one attached hydrogen (secondary N) is 1. The quantitative estimate of drug-likeness (QED) is 0.646. The predicted octanol–water partition coefficient (Wildman–Crippen LogP) is 0.382. The van der Waals surface area contributed by atoms with Crippen LogP contribution in [-0.4, -0.2) is 37.0 Å². The molecule has 0 bridgehead atoms. The molecule has 0 aromatic carbocycles. The normalized spacial score (nSPS) is 26.5. The fourth-order valence-corrected chi connectivity index (χ4v) is 1.64. The van der Waals surface area contributed by atoms with E-state index in [4.69, 9.17) is 9.84 Å². The molecule has 0 aromatic rings. The minimum Gasteiger partial charge on any atom is -0.395 e. The van der Waals surface area contributed by atoms with Crippen LogP contribution in [0, 0.1) is 5.92 Å². The lowest BCUT2D eigenvalue weighted by Crippen LogP contribution is -2.43. The first-order valence-corrected chi connectivity index (χ1v) is 4.68. The number of hydrogen-bond acceptors (Lipinski definition) is 3. The van der Waals surface area contributed by atoms with Crippen molar-refractivity contribution in [1.29, 1.82) is 0 Å². The van der Waals surface area contributed by atoms with Crippen LogP contribution in [0.25, 0.3) is 0 Å². The van der Waals surface area contributed by atoms with E-state index in [1.165, 1.54) is 0 Å². The zero-order valence-corrected chi connectivity index (χ0v) is 7.92. The first kappa shape index (κ1) is 9.96. The van der Waals surface area contributed by atoms with Crippen molar-refractivity contribution in [2.45, 2.75) is 32.4 Å². The Morgan fingerprint density at radius 1 is 1.58 bits per heavy atom. The number of hydrogen-bond donors (Lipinski definition) is 2. The Bertz CT molecular complexity index is 122. The van der Waals surface area contributed by atoms with Crippen LogP contribution < -0.4 is 5.32 Å². The van der Waals surface area contributed by atoms with Crippen LogP contribution in [-0.2, 0) is 4.74 Å². The second kappa shape index (κ2) is 4.80. The third-order valence-electron chi connectivity index (χ3n) is 2.28. The van der Waals surface area contributed by atoms with Gasteiger partial charge >= 0.3 is 0 Å². The van der Waals surface area contributed by atoms with Gasteiger partial charge in [-0.15, -0.1) is 0 Å². The van der Waals surface area contributed by atoms with Crippen LogP contribution in [0.15, 0.2) is 0 Å². The molecule has 1 heterocycles. The molecule has 1 fully saturated rings. The van der Waals surface area contributed by atoms with Crippen molar-refractivity contribution in [2.75, 3.05) is 19.8 Å². The molecule has 3 heteroatoms. The van der Waals surface area contributed by atoms with E-state index in [-0.39, 0.29) is 12.6 Å². The SMILES string of the molecule is CC(C)NC(CO)C1CCOC1. The molecule has 1 aliphatic rings. The third-order valence-corrected chi connectivity index (χ3v) is 2.28. The minimum absolute atomic E-state index is 0.214. The van der Waals surface area contributed by atoms with Gasteiger partial charge in [-0.05, 0) is 6.42 Å². The van der Waals surface area contributed by atoms with Crippen LogP contribution in [0.3, 0.4) is 0 Å². The maximum Gasteiger partial charge on any atom is 0.0588 e. The van der Waals surface area contributed by atoms with Crippen molar-refractivity contribution < 1.29 is 9.84 Å². The second-order valence-corrected chi connectivity index (χ2v) is 3.73. The maximum absolute atomic E-state index is 9.12. The molecule has 1 aliphatic heterocycles. The van der Waals surface area contributed by atoms with Crippen molar-refractivity contribution in [1.82, 2.24) is 5.32 Å². The standard InChI is InChI=1S/C9H19NO2/c1-7(2)10-9(5-11)8-3-4-12-6-8/h7-11H,3-6H2,1-2H3. The zero-order chi connectivity index (χ0) is 8.97. The second-order valence-electron chi connectivity index (χ2n) is 3.73. The van der Waals surface area contributed by atoms with Gasteiger partial charge in [-0.1, -0.05) is 13.8 Å². The summed E-state index contributed by atoms with van der Waals surface area (Å²) in [4.78, 5) is 0. The highest BCUT2D eigenvalue weighted by molar-refractivity contribution is 4.79. The van der Waals surface area contributed by atoms with Gasteiger partial charge in [-0.2, -0.15) is 0 Å². The van der Waals surface area contributed by atoms with Crippen molar-refractivity contribution in [3.05, 3.63) is 0 Å². The summed E-state index contributed by atoms with van der Waals surface area (Å²) in [7, 11) is 0. The van der Waals surface area contributed by atoms with E-state index in [9.17, 15) is 0 Å². The van der Waals surface area contributed by atoms with Crippen molar-refractivity contribution >= 4 is 0 Å². The highest BCUT2D eigenvalue weighted by Crippen LogP contribution is 2.16. The Kier molecular flexibility index (Phi) is 3.98. The van der Waals surface area contributed by atoms with Crippen LogP contribution >= 0.6 is 0 Å². The number of aliphatic hydroxyl groups is 1. The summed E-state index contributed by atoms with van der Waals surface area (Å²) < 4.78 is 5.27. The first-order chi connectivity index (χ1) is 5.74.